The van der Waals surface area contributed by atoms with Crippen molar-refractivity contribution in [3.05, 3.63) is 22.7 Å². The molecule has 0 heterocycles. The molecule has 2 rings (SSSR count). The molecule has 0 aliphatic heterocycles. The van der Waals surface area contributed by atoms with Crippen LogP contribution in [0.25, 0.3) is 0 Å². The van der Waals surface area contributed by atoms with Crippen molar-refractivity contribution in [1.29, 1.82) is 0 Å². The molecular weight excluding hydrogens is 326 g/mol. The smallest absolute Gasteiger partial charge is 0.135 e. The molecule has 3 heteroatoms. The van der Waals surface area contributed by atoms with Crippen molar-refractivity contribution in [3.8, 4) is 5.75 Å². The van der Waals surface area contributed by atoms with Gasteiger partial charge in [0.1, 0.15) is 5.75 Å². The van der Waals surface area contributed by atoms with Gasteiger partial charge in [-0.25, -0.2) is 0 Å². The molecule has 0 bridgehead atoms. The lowest BCUT2D eigenvalue weighted by atomic mass is 9.76. The van der Waals surface area contributed by atoms with Gasteiger partial charge in [-0.2, -0.15) is 0 Å². The van der Waals surface area contributed by atoms with Gasteiger partial charge in [0, 0.05) is 17.8 Å². The lowest BCUT2D eigenvalue weighted by Crippen LogP contribution is -2.21. The fourth-order valence-corrected chi connectivity index (χ4v) is 3.71. The maximum absolute atomic E-state index is 5.37. The Bertz CT molecular complexity index is 467. The average molecular weight is 354 g/mol. The first-order chi connectivity index (χ1) is 9.90. The van der Waals surface area contributed by atoms with E-state index in [1.165, 1.54) is 32.1 Å². The van der Waals surface area contributed by atoms with E-state index in [9.17, 15) is 0 Å². The third kappa shape index (κ3) is 4.64. The molecule has 1 aromatic carbocycles. The normalized spacial score (nSPS) is 23.5. The van der Waals surface area contributed by atoms with Crippen molar-refractivity contribution in [2.24, 2.45) is 11.3 Å². The SMILES string of the molecule is COc1cc(NC2CCCC(C(C)(C)C)CC2)ccc1Br. The fourth-order valence-electron chi connectivity index (χ4n) is 3.30. The lowest BCUT2D eigenvalue weighted by molar-refractivity contribution is 0.214. The molecule has 1 saturated carbocycles. The average Bonchev–Trinajstić information content (AvgIpc) is 2.66. The van der Waals surface area contributed by atoms with E-state index in [1.54, 1.807) is 7.11 Å². The van der Waals surface area contributed by atoms with E-state index >= 15 is 0 Å². The number of rotatable bonds is 3. The number of benzene rings is 1. The summed E-state index contributed by atoms with van der Waals surface area (Å²) in [5.41, 5.74) is 1.60. The van der Waals surface area contributed by atoms with E-state index in [4.69, 9.17) is 4.74 Å². The molecule has 1 aliphatic carbocycles. The maximum Gasteiger partial charge on any atom is 0.135 e. The number of nitrogens with one attached hydrogen (secondary N) is 1. The second-order valence-electron chi connectivity index (χ2n) is 7.26. The van der Waals surface area contributed by atoms with Gasteiger partial charge in [0.2, 0.25) is 0 Å². The van der Waals surface area contributed by atoms with Crippen LogP contribution in [0, 0.1) is 11.3 Å². The minimum absolute atomic E-state index is 0.440. The standard InChI is InChI=1S/C18H28BrNO/c1-18(2,3)13-6-5-7-14(9-8-13)20-15-10-11-16(19)17(12-15)21-4/h10-14,20H,5-9H2,1-4H3. The predicted molar refractivity (Wildman–Crippen MR) is 94.1 cm³/mol. The van der Waals surface area contributed by atoms with E-state index in [2.05, 4.69) is 60.2 Å². The summed E-state index contributed by atoms with van der Waals surface area (Å²) < 4.78 is 6.38. The van der Waals surface area contributed by atoms with Crippen molar-refractivity contribution >= 4 is 21.6 Å². The monoisotopic (exact) mass is 353 g/mol. The Morgan fingerprint density at radius 2 is 1.90 bits per heavy atom. The molecule has 1 aliphatic rings. The van der Waals surface area contributed by atoms with Crippen molar-refractivity contribution in [2.75, 3.05) is 12.4 Å². The van der Waals surface area contributed by atoms with Crippen LogP contribution in [0.2, 0.25) is 0 Å². The Kier molecular flexibility index (Phi) is 5.59. The Morgan fingerprint density at radius 3 is 2.57 bits per heavy atom. The molecule has 1 aromatic rings. The van der Waals surface area contributed by atoms with Crippen LogP contribution >= 0.6 is 15.9 Å². The summed E-state index contributed by atoms with van der Waals surface area (Å²) >= 11 is 3.51. The first kappa shape index (κ1) is 16.7. The molecule has 2 atom stereocenters. The van der Waals surface area contributed by atoms with Crippen LogP contribution in [0.1, 0.15) is 52.9 Å². The highest BCUT2D eigenvalue weighted by molar-refractivity contribution is 9.10. The van der Waals surface area contributed by atoms with E-state index in [0.717, 1.165) is 21.8 Å². The summed E-state index contributed by atoms with van der Waals surface area (Å²) in [7, 11) is 1.71. The molecule has 118 valence electrons. The molecule has 1 fully saturated rings. The number of methoxy groups -OCH3 is 1. The molecule has 0 spiro atoms. The Morgan fingerprint density at radius 1 is 1.14 bits per heavy atom. The van der Waals surface area contributed by atoms with Gasteiger partial charge in [-0.15, -0.1) is 0 Å². The zero-order valence-corrected chi connectivity index (χ0v) is 15.3. The molecule has 2 nitrogen and oxygen atoms in total. The van der Waals surface area contributed by atoms with Gasteiger partial charge in [-0.05, 0) is 65.1 Å². The van der Waals surface area contributed by atoms with Gasteiger partial charge in [-0.1, -0.05) is 27.2 Å². The van der Waals surface area contributed by atoms with Gasteiger partial charge in [-0.3, -0.25) is 0 Å². The van der Waals surface area contributed by atoms with Gasteiger partial charge < -0.3 is 10.1 Å². The van der Waals surface area contributed by atoms with Crippen LogP contribution in [0.5, 0.6) is 5.75 Å². The Labute approximate surface area is 137 Å². The van der Waals surface area contributed by atoms with E-state index in [0.29, 0.717) is 11.5 Å². The summed E-state index contributed by atoms with van der Waals surface area (Å²) in [6, 6.07) is 6.84. The molecule has 0 radical (unpaired) electrons. The van der Waals surface area contributed by atoms with Crippen LogP contribution < -0.4 is 10.1 Å². The number of ether oxygens (including phenoxy) is 1. The molecular formula is C18H28BrNO. The fraction of sp³-hybridized carbons (Fsp3) is 0.667. The number of hydrogen-bond donors (Lipinski definition) is 1. The zero-order chi connectivity index (χ0) is 15.5. The first-order valence-corrected chi connectivity index (χ1v) is 8.79. The Balaban J connectivity index is 1.97. The van der Waals surface area contributed by atoms with Gasteiger partial charge in [0.25, 0.3) is 0 Å². The van der Waals surface area contributed by atoms with E-state index in [1.807, 2.05) is 0 Å². The van der Waals surface area contributed by atoms with Crippen molar-refractivity contribution in [1.82, 2.24) is 0 Å². The van der Waals surface area contributed by atoms with Crippen LogP contribution in [-0.4, -0.2) is 13.2 Å². The first-order valence-electron chi connectivity index (χ1n) is 8.00. The largest absolute Gasteiger partial charge is 0.495 e. The highest BCUT2D eigenvalue weighted by atomic mass is 79.9. The van der Waals surface area contributed by atoms with E-state index in [-0.39, 0.29) is 0 Å². The second kappa shape index (κ2) is 7.04. The number of halogens is 1. The van der Waals surface area contributed by atoms with Crippen LogP contribution in [0.3, 0.4) is 0 Å². The highest BCUT2D eigenvalue weighted by Crippen LogP contribution is 2.37. The van der Waals surface area contributed by atoms with Gasteiger partial charge in [0.15, 0.2) is 0 Å². The van der Waals surface area contributed by atoms with Crippen molar-refractivity contribution in [2.45, 2.75) is 58.9 Å². The third-order valence-corrected chi connectivity index (χ3v) is 5.37. The molecule has 0 aromatic heterocycles. The van der Waals surface area contributed by atoms with Crippen LogP contribution in [-0.2, 0) is 0 Å². The topological polar surface area (TPSA) is 21.3 Å². The van der Waals surface area contributed by atoms with Crippen LogP contribution in [0.15, 0.2) is 22.7 Å². The molecule has 1 N–H and O–H groups in total. The minimum atomic E-state index is 0.440. The van der Waals surface area contributed by atoms with Crippen molar-refractivity contribution in [3.63, 3.8) is 0 Å². The lowest BCUT2D eigenvalue weighted by Gasteiger charge is -2.29. The number of anilines is 1. The zero-order valence-electron chi connectivity index (χ0n) is 13.7. The quantitative estimate of drug-likeness (QED) is 0.686. The summed E-state index contributed by atoms with van der Waals surface area (Å²) in [5, 5.41) is 3.69. The van der Waals surface area contributed by atoms with Crippen LogP contribution in [0.4, 0.5) is 5.69 Å². The van der Waals surface area contributed by atoms with E-state index < -0.39 is 0 Å². The number of hydrogen-bond acceptors (Lipinski definition) is 2. The maximum atomic E-state index is 5.37. The molecule has 0 amide bonds. The molecule has 21 heavy (non-hydrogen) atoms. The molecule has 0 saturated heterocycles. The van der Waals surface area contributed by atoms with Gasteiger partial charge >= 0.3 is 0 Å². The summed E-state index contributed by atoms with van der Waals surface area (Å²) in [6.07, 6.45) is 6.55. The summed E-state index contributed by atoms with van der Waals surface area (Å²) in [6.45, 7) is 7.14. The second-order valence-corrected chi connectivity index (χ2v) is 8.12. The predicted octanol–water partition coefficient (Wildman–Crippen LogP) is 5.86. The van der Waals surface area contributed by atoms with Gasteiger partial charge in [0.05, 0.1) is 11.6 Å². The molecule has 2 unspecified atom stereocenters. The summed E-state index contributed by atoms with van der Waals surface area (Å²) in [4.78, 5) is 0. The minimum Gasteiger partial charge on any atom is -0.495 e. The van der Waals surface area contributed by atoms with Crippen molar-refractivity contribution < 1.29 is 4.74 Å². The Hall–Kier alpha value is -0.700. The third-order valence-electron chi connectivity index (χ3n) is 4.72. The highest BCUT2D eigenvalue weighted by Gasteiger charge is 2.27. The summed E-state index contributed by atoms with van der Waals surface area (Å²) in [5.74, 6) is 1.74.